The number of rotatable bonds is 6. The Morgan fingerprint density at radius 3 is 2.88 bits per heavy atom. The highest BCUT2D eigenvalue weighted by Gasteiger charge is 2.10. The molecule has 0 bridgehead atoms. The van der Waals surface area contributed by atoms with E-state index >= 15 is 0 Å². The summed E-state index contributed by atoms with van der Waals surface area (Å²) < 4.78 is 1.67. The van der Waals surface area contributed by atoms with Gasteiger partial charge in [0.25, 0.3) is 5.91 Å². The molecule has 0 aliphatic rings. The van der Waals surface area contributed by atoms with Gasteiger partial charge in [-0.05, 0) is 19.9 Å². The van der Waals surface area contributed by atoms with Crippen molar-refractivity contribution in [1.29, 1.82) is 0 Å². The summed E-state index contributed by atoms with van der Waals surface area (Å²) in [4.78, 5) is 25.4. The number of aryl methyl sites for hydroxylation is 2. The van der Waals surface area contributed by atoms with Crippen LogP contribution in [0.2, 0.25) is 0 Å². The first-order valence-electron chi connectivity index (χ1n) is 7.41. The smallest absolute Gasteiger partial charge is 0.263 e. The molecule has 1 amide bonds. The maximum Gasteiger partial charge on any atom is 0.263 e. The highest BCUT2D eigenvalue weighted by molar-refractivity contribution is 7.11. The molecule has 0 aromatic carbocycles. The second-order valence-corrected chi connectivity index (χ2v) is 5.91. The third kappa shape index (κ3) is 3.74. The molecule has 3 heterocycles. The highest BCUT2D eigenvalue weighted by Crippen LogP contribution is 2.12. The summed E-state index contributed by atoms with van der Waals surface area (Å²) in [6.07, 6.45) is 3.52. The van der Waals surface area contributed by atoms with E-state index in [1.165, 1.54) is 11.3 Å². The van der Waals surface area contributed by atoms with Gasteiger partial charge in [-0.3, -0.25) is 4.79 Å². The number of anilines is 1. The second kappa shape index (κ2) is 7.18. The van der Waals surface area contributed by atoms with Crippen LogP contribution in [-0.4, -0.2) is 43.7 Å². The Balaban J connectivity index is 1.55. The summed E-state index contributed by atoms with van der Waals surface area (Å²) >= 11 is 1.34. The predicted octanol–water partition coefficient (Wildman–Crippen LogP) is 1.58. The summed E-state index contributed by atoms with van der Waals surface area (Å²) in [5.74, 6) is 1.93. The molecule has 9 heteroatoms. The van der Waals surface area contributed by atoms with E-state index in [0.717, 1.165) is 5.69 Å². The molecule has 3 aromatic heterocycles. The number of nitrogens with zero attached hydrogens (tertiary/aromatic N) is 5. The minimum absolute atomic E-state index is 0.104. The average Bonchev–Trinajstić information content (AvgIpc) is 3.22. The van der Waals surface area contributed by atoms with Gasteiger partial charge in [-0.15, -0.1) is 11.3 Å². The zero-order valence-corrected chi connectivity index (χ0v) is 14.2. The molecule has 0 spiro atoms. The van der Waals surface area contributed by atoms with Crippen molar-refractivity contribution in [3.8, 4) is 5.82 Å². The van der Waals surface area contributed by atoms with Crippen LogP contribution in [-0.2, 0) is 0 Å². The molecular weight excluding hydrogens is 326 g/mol. The van der Waals surface area contributed by atoms with Crippen molar-refractivity contribution in [2.45, 2.75) is 13.8 Å². The Morgan fingerprint density at radius 1 is 1.29 bits per heavy atom. The highest BCUT2D eigenvalue weighted by atomic mass is 32.1. The molecule has 0 aliphatic heterocycles. The van der Waals surface area contributed by atoms with E-state index < -0.39 is 0 Å². The molecule has 8 nitrogen and oxygen atoms in total. The van der Waals surface area contributed by atoms with Crippen LogP contribution in [0.3, 0.4) is 0 Å². The minimum Gasteiger partial charge on any atom is -0.368 e. The molecule has 0 aliphatic carbocycles. The van der Waals surface area contributed by atoms with Crippen LogP contribution < -0.4 is 10.6 Å². The number of thiazole rings is 1. The molecule has 3 rings (SSSR count). The summed E-state index contributed by atoms with van der Waals surface area (Å²) in [5, 5.41) is 10.2. The largest absolute Gasteiger partial charge is 0.368 e. The lowest BCUT2D eigenvalue weighted by Crippen LogP contribution is -2.28. The van der Waals surface area contributed by atoms with Gasteiger partial charge in [0.05, 0.1) is 11.2 Å². The summed E-state index contributed by atoms with van der Waals surface area (Å²) in [5.41, 5.74) is 2.42. The molecule has 24 heavy (non-hydrogen) atoms. The third-order valence-corrected chi connectivity index (χ3v) is 4.16. The zero-order chi connectivity index (χ0) is 16.9. The number of hydrogen-bond donors (Lipinski definition) is 2. The number of amides is 1. The molecule has 0 saturated heterocycles. The van der Waals surface area contributed by atoms with Crippen molar-refractivity contribution < 1.29 is 4.79 Å². The van der Waals surface area contributed by atoms with E-state index in [2.05, 4.69) is 30.7 Å². The van der Waals surface area contributed by atoms with Gasteiger partial charge in [0, 0.05) is 31.5 Å². The Morgan fingerprint density at radius 2 is 2.17 bits per heavy atom. The lowest BCUT2D eigenvalue weighted by Gasteiger charge is -2.09. The molecule has 124 valence electrons. The van der Waals surface area contributed by atoms with Gasteiger partial charge in [-0.1, -0.05) is 0 Å². The summed E-state index contributed by atoms with van der Waals surface area (Å²) in [7, 11) is 0. The standard InChI is InChI=1S/C15H17N7OS/c1-10-14(24-9-18-10)15(23)17-6-5-16-12-8-13(21-11(2)20-12)22-7-3-4-19-22/h3-4,7-9H,5-6H2,1-2H3,(H,17,23)(H,16,20,21). The fraction of sp³-hybridized carbons (Fsp3) is 0.267. The van der Waals surface area contributed by atoms with Crippen molar-refractivity contribution in [2.24, 2.45) is 0 Å². The van der Waals surface area contributed by atoms with Gasteiger partial charge in [0.2, 0.25) is 0 Å². The number of nitrogens with one attached hydrogen (secondary N) is 2. The van der Waals surface area contributed by atoms with Crippen molar-refractivity contribution in [3.63, 3.8) is 0 Å². The van der Waals surface area contributed by atoms with Crippen LogP contribution in [0.5, 0.6) is 0 Å². The van der Waals surface area contributed by atoms with E-state index in [1.54, 1.807) is 16.4 Å². The first kappa shape index (κ1) is 16.1. The van der Waals surface area contributed by atoms with Gasteiger partial charge in [0.15, 0.2) is 5.82 Å². The van der Waals surface area contributed by atoms with Gasteiger partial charge in [-0.2, -0.15) is 5.10 Å². The summed E-state index contributed by atoms with van der Waals surface area (Å²) in [6.45, 7) is 4.69. The average molecular weight is 343 g/mol. The normalized spacial score (nSPS) is 10.6. The van der Waals surface area contributed by atoms with E-state index in [-0.39, 0.29) is 5.91 Å². The van der Waals surface area contributed by atoms with E-state index in [1.807, 2.05) is 32.2 Å². The fourth-order valence-corrected chi connectivity index (χ4v) is 2.85. The molecular formula is C15H17N7OS. The van der Waals surface area contributed by atoms with Crippen LogP contribution in [0.15, 0.2) is 30.0 Å². The molecule has 3 aromatic rings. The summed E-state index contributed by atoms with van der Waals surface area (Å²) in [6, 6.07) is 3.65. The minimum atomic E-state index is -0.104. The van der Waals surface area contributed by atoms with Gasteiger partial charge in [0.1, 0.15) is 16.5 Å². The molecule has 0 fully saturated rings. The van der Waals surface area contributed by atoms with Crippen LogP contribution in [0.25, 0.3) is 5.82 Å². The SMILES string of the molecule is Cc1nc(NCCNC(=O)c2scnc2C)cc(-n2cccn2)n1. The predicted molar refractivity (Wildman–Crippen MR) is 91.6 cm³/mol. The van der Waals surface area contributed by atoms with Crippen molar-refractivity contribution in [1.82, 2.24) is 30.0 Å². The van der Waals surface area contributed by atoms with Gasteiger partial charge >= 0.3 is 0 Å². The van der Waals surface area contributed by atoms with E-state index in [4.69, 9.17) is 0 Å². The Hall–Kier alpha value is -2.81. The molecule has 0 atom stereocenters. The topological polar surface area (TPSA) is 97.6 Å². The third-order valence-electron chi connectivity index (χ3n) is 3.23. The molecule has 0 saturated carbocycles. The zero-order valence-electron chi connectivity index (χ0n) is 13.4. The van der Waals surface area contributed by atoms with Crippen molar-refractivity contribution >= 4 is 23.1 Å². The first-order chi connectivity index (χ1) is 11.6. The molecule has 0 radical (unpaired) electrons. The number of hydrogen-bond acceptors (Lipinski definition) is 7. The van der Waals surface area contributed by atoms with Crippen LogP contribution in [0.1, 0.15) is 21.2 Å². The Bertz CT molecular complexity index is 828. The maximum atomic E-state index is 12.0. The quantitative estimate of drug-likeness (QED) is 0.660. The lowest BCUT2D eigenvalue weighted by molar-refractivity contribution is 0.0958. The molecule has 0 unspecified atom stereocenters. The molecule has 2 N–H and O–H groups in total. The van der Waals surface area contributed by atoms with Crippen LogP contribution in [0.4, 0.5) is 5.82 Å². The number of aromatic nitrogens is 5. The van der Waals surface area contributed by atoms with Gasteiger partial charge < -0.3 is 10.6 Å². The van der Waals surface area contributed by atoms with Crippen molar-refractivity contribution in [2.75, 3.05) is 18.4 Å². The Kier molecular flexibility index (Phi) is 4.80. The monoisotopic (exact) mass is 343 g/mol. The number of carbonyl (C=O) groups is 1. The van der Waals surface area contributed by atoms with E-state index in [9.17, 15) is 4.79 Å². The van der Waals surface area contributed by atoms with Crippen LogP contribution in [0, 0.1) is 13.8 Å². The van der Waals surface area contributed by atoms with Crippen molar-refractivity contribution in [3.05, 3.63) is 46.4 Å². The lowest BCUT2D eigenvalue weighted by atomic mass is 10.4. The number of carbonyl (C=O) groups excluding carboxylic acids is 1. The van der Waals surface area contributed by atoms with Crippen LogP contribution >= 0.6 is 11.3 Å². The maximum absolute atomic E-state index is 12.0. The Labute approximate surface area is 143 Å². The fourth-order valence-electron chi connectivity index (χ4n) is 2.13. The first-order valence-corrected chi connectivity index (χ1v) is 8.29. The van der Waals surface area contributed by atoms with E-state index in [0.29, 0.717) is 35.4 Å². The second-order valence-electron chi connectivity index (χ2n) is 5.06. The van der Waals surface area contributed by atoms with Gasteiger partial charge in [-0.25, -0.2) is 19.6 Å².